The van der Waals surface area contributed by atoms with Crippen molar-refractivity contribution >= 4 is 44.8 Å². The van der Waals surface area contributed by atoms with Gasteiger partial charge in [-0.15, -0.1) is 0 Å². The minimum atomic E-state index is 0.0900. The lowest BCUT2D eigenvalue weighted by molar-refractivity contribution is 0.676. The van der Waals surface area contributed by atoms with Crippen LogP contribution in [-0.2, 0) is 7.05 Å². The molecule has 2 rings (SSSR count). The maximum Gasteiger partial charge on any atom is 0.0835 e. The molecule has 0 saturated carbocycles. The highest BCUT2D eigenvalue weighted by molar-refractivity contribution is 9.10. The van der Waals surface area contributed by atoms with E-state index in [0.717, 1.165) is 15.9 Å². The summed E-state index contributed by atoms with van der Waals surface area (Å²) in [6.45, 7) is 2.04. The van der Waals surface area contributed by atoms with Crippen molar-refractivity contribution in [1.82, 2.24) is 9.78 Å². The zero-order chi connectivity index (χ0) is 13.3. The van der Waals surface area contributed by atoms with Crippen LogP contribution in [0.2, 0.25) is 10.0 Å². The summed E-state index contributed by atoms with van der Waals surface area (Å²) >= 11 is 15.6. The molecule has 0 spiro atoms. The van der Waals surface area contributed by atoms with Crippen LogP contribution < -0.4 is 5.32 Å². The number of halogens is 3. The molecule has 1 aromatic heterocycles. The van der Waals surface area contributed by atoms with Crippen LogP contribution in [0.25, 0.3) is 0 Å². The van der Waals surface area contributed by atoms with E-state index in [-0.39, 0.29) is 6.04 Å². The molecule has 1 aromatic carbocycles. The van der Waals surface area contributed by atoms with Gasteiger partial charge in [0.1, 0.15) is 0 Å². The first-order valence-electron chi connectivity index (χ1n) is 5.38. The average molecular weight is 349 g/mol. The van der Waals surface area contributed by atoms with Crippen LogP contribution in [-0.4, -0.2) is 9.78 Å². The van der Waals surface area contributed by atoms with E-state index in [1.807, 2.05) is 36.9 Å². The predicted octanol–water partition coefficient (Wildman–Crippen LogP) is 4.66. The fraction of sp³-hybridized carbons (Fsp3) is 0.250. The third kappa shape index (κ3) is 2.66. The Morgan fingerprint density at radius 2 is 2.00 bits per heavy atom. The van der Waals surface area contributed by atoms with E-state index in [9.17, 15) is 0 Å². The molecule has 0 aliphatic heterocycles. The van der Waals surface area contributed by atoms with Gasteiger partial charge < -0.3 is 5.32 Å². The van der Waals surface area contributed by atoms with Crippen LogP contribution >= 0.6 is 39.1 Å². The molecule has 96 valence electrons. The highest BCUT2D eigenvalue weighted by Gasteiger charge is 2.13. The van der Waals surface area contributed by atoms with Crippen molar-refractivity contribution in [1.29, 1.82) is 0 Å². The summed E-state index contributed by atoms with van der Waals surface area (Å²) in [5.74, 6) is 0. The number of nitrogens with one attached hydrogen (secondary N) is 1. The molecular formula is C12H12BrCl2N3. The second kappa shape index (κ2) is 5.51. The van der Waals surface area contributed by atoms with Crippen molar-refractivity contribution in [3.63, 3.8) is 0 Å². The molecule has 0 amide bonds. The number of nitrogens with zero attached hydrogens (tertiary/aromatic N) is 2. The summed E-state index contributed by atoms with van der Waals surface area (Å²) in [7, 11) is 1.91. The Labute approximate surface area is 124 Å². The number of aryl methyl sites for hydroxylation is 1. The van der Waals surface area contributed by atoms with E-state index in [1.165, 1.54) is 0 Å². The summed E-state index contributed by atoms with van der Waals surface area (Å²) in [5.41, 5.74) is 1.88. The molecule has 0 aliphatic rings. The maximum absolute atomic E-state index is 6.20. The Bertz CT molecular complexity index is 568. The van der Waals surface area contributed by atoms with E-state index < -0.39 is 0 Å². The van der Waals surface area contributed by atoms with Gasteiger partial charge in [0.05, 0.1) is 27.5 Å². The zero-order valence-corrected chi connectivity index (χ0v) is 13.0. The van der Waals surface area contributed by atoms with Gasteiger partial charge in [-0.1, -0.05) is 23.2 Å². The SMILES string of the molecule is CC(Nc1ccc(Br)c(Cl)c1Cl)c1ccnn1C. The van der Waals surface area contributed by atoms with Crippen molar-refractivity contribution in [3.05, 3.63) is 44.6 Å². The predicted molar refractivity (Wildman–Crippen MR) is 79.4 cm³/mol. The van der Waals surface area contributed by atoms with Gasteiger partial charge in [-0.2, -0.15) is 5.10 Å². The first kappa shape index (κ1) is 13.7. The number of hydrogen-bond donors (Lipinski definition) is 1. The van der Waals surface area contributed by atoms with Crippen LogP contribution in [0.4, 0.5) is 5.69 Å². The lowest BCUT2D eigenvalue weighted by Gasteiger charge is -2.17. The van der Waals surface area contributed by atoms with Gasteiger partial charge in [0.2, 0.25) is 0 Å². The van der Waals surface area contributed by atoms with Crippen LogP contribution in [0.5, 0.6) is 0 Å². The third-order valence-electron chi connectivity index (χ3n) is 2.71. The van der Waals surface area contributed by atoms with Gasteiger partial charge in [-0.3, -0.25) is 4.68 Å². The minimum absolute atomic E-state index is 0.0900. The fourth-order valence-electron chi connectivity index (χ4n) is 1.75. The van der Waals surface area contributed by atoms with Crippen LogP contribution in [0.3, 0.4) is 0 Å². The third-order valence-corrected chi connectivity index (χ3v) is 4.48. The van der Waals surface area contributed by atoms with Crippen LogP contribution in [0.1, 0.15) is 18.7 Å². The highest BCUT2D eigenvalue weighted by Crippen LogP contribution is 2.37. The number of hydrogen-bond acceptors (Lipinski definition) is 2. The van der Waals surface area contributed by atoms with Crippen molar-refractivity contribution < 1.29 is 0 Å². The molecule has 1 N–H and O–H groups in total. The first-order chi connectivity index (χ1) is 8.50. The molecular weight excluding hydrogens is 337 g/mol. The monoisotopic (exact) mass is 347 g/mol. The van der Waals surface area contributed by atoms with Gasteiger partial charge in [-0.25, -0.2) is 0 Å². The molecule has 0 bridgehead atoms. The Kier molecular flexibility index (Phi) is 4.20. The summed E-state index contributed by atoms with van der Waals surface area (Å²) in [6, 6.07) is 5.82. The van der Waals surface area contributed by atoms with Crippen molar-refractivity contribution in [3.8, 4) is 0 Å². The lowest BCUT2D eigenvalue weighted by Crippen LogP contribution is -2.11. The largest absolute Gasteiger partial charge is 0.376 e. The second-order valence-electron chi connectivity index (χ2n) is 3.97. The molecule has 0 saturated heterocycles. The Hall–Kier alpha value is -0.710. The maximum atomic E-state index is 6.20. The normalized spacial score (nSPS) is 12.5. The summed E-state index contributed by atoms with van der Waals surface area (Å²) in [6.07, 6.45) is 1.77. The van der Waals surface area contributed by atoms with Crippen molar-refractivity contribution in [2.24, 2.45) is 7.05 Å². The molecule has 18 heavy (non-hydrogen) atoms. The van der Waals surface area contributed by atoms with E-state index in [1.54, 1.807) is 6.20 Å². The molecule has 0 fully saturated rings. The highest BCUT2D eigenvalue weighted by atomic mass is 79.9. The molecule has 3 nitrogen and oxygen atoms in total. The summed E-state index contributed by atoms with van der Waals surface area (Å²) in [5, 5.41) is 8.49. The summed E-state index contributed by atoms with van der Waals surface area (Å²) < 4.78 is 2.61. The van der Waals surface area contributed by atoms with E-state index in [0.29, 0.717) is 10.0 Å². The van der Waals surface area contributed by atoms with E-state index >= 15 is 0 Å². The number of anilines is 1. The number of benzene rings is 1. The molecule has 1 unspecified atom stereocenters. The Morgan fingerprint density at radius 3 is 2.61 bits per heavy atom. The molecule has 0 aliphatic carbocycles. The molecule has 2 aromatic rings. The van der Waals surface area contributed by atoms with Gasteiger partial charge in [0, 0.05) is 17.7 Å². The van der Waals surface area contributed by atoms with Crippen molar-refractivity contribution in [2.45, 2.75) is 13.0 Å². The minimum Gasteiger partial charge on any atom is -0.376 e. The average Bonchev–Trinajstić information content (AvgIpc) is 2.76. The standard InChI is InChI=1S/C12H12BrCl2N3/c1-7(10-5-6-16-18(10)2)17-9-4-3-8(13)11(14)12(9)15/h3-7,17H,1-2H3. The Morgan fingerprint density at radius 1 is 1.28 bits per heavy atom. The smallest absolute Gasteiger partial charge is 0.0835 e. The van der Waals surface area contributed by atoms with Gasteiger partial charge in [0.15, 0.2) is 0 Å². The Balaban J connectivity index is 2.25. The summed E-state index contributed by atoms with van der Waals surface area (Å²) in [4.78, 5) is 0. The van der Waals surface area contributed by atoms with Gasteiger partial charge in [0.25, 0.3) is 0 Å². The number of rotatable bonds is 3. The molecule has 1 atom stereocenters. The van der Waals surface area contributed by atoms with Crippen molar-refractivity contribution in [2.75, 3.05) is 5.32 Å². The van der Waals surface area contributed by atoms with E-state index in [4.69, 9.17) is 23.2 Å². The van der Waals surface area contributed by atoms with Crippen LogP contribution in [0, 0.1) is 0 Å². The lowest BCUT2D eigenvalue weighted by atomic mass is 10.2. The van der Waals surface area contributed by atoms with Gasteiger partial charge >= 0.3 is 0 Å². The fourth-order valence-corrected chi connectivity index (χ4v) is 2.58. The molecule has 6 heteroatoms. The van der Waals surface area contributed by atoms with E-state index in [2.05, 4.69) is 26.3 Å². The first-order valence-corrected chi connectivity index (χ1v) is 6.93. The quantitative estimate of drug-likeness (QED) is 0.817. The zero-order valence-electron chi connectivity index (χ0n) is 9.92. The second-order valence-corrected chi connectivity index (χ2v) is 5.58. The topological polar surface area (TPSA) is 29.9 Å². The molecule has 0 radical (unpaired) electrons. The van der Waals surface area contributed by atoms with Gasteiger partial charge in [-0.05, 0) is 41.1 Å². The van der Waals surface area contributed by atoms with Crippen LogP contribution in [0.15, 0.2) is 28.9 Å². The molecule has 1 heterocycles. The number of aromatic nitrogens is 2.